The van der Waals surface area contributed by atoms with Crippen molar-refractivity contribution in [2.45, 2.75) is 44.8 Å². The average molecular weight is 270 g/mol. The molecule has 19 heavy (non-hydrogen) atoms. The van der Waals surface area contributed by atoms with E-state index in [1.165, 1.54) is 0 Å². The molecule has 108 valence electrons. The van der Waals surface area contributed by atoms with Crippen LogP contribution in [-0.4, -0.2) is 58.8 Å². The maximum atomic E-state index is 12.3. The van der Waals surface area contributed by atoms with Gasteiger partial charge in [-0.25, -0.2) is 0 Å². The fraction of sp³-hybridized carbons (Fsp3) is 0.846. The number of aliphatic carboxylic acids is 1. The minimum atomic E-state index is -0.813. The zero-order valence-corrected chi connectivity index (χ0v) is 11.3. The molecule has 3 atom stereocenters. The van der Waals surface area contributed by atoms with Crippen molar-refractivity contribution in [1.29, 1.82) is 0 Å². The van der Waals surface area contributed by atoms with E-state index in [9.17, 15) is 19.8 Å². The highest BCUT2D eigenvalue weighted by Crippen LogP contribution is 2.34. The summed E-state index contributed by atoms with van der Waals surface area (Å²) in [4.78, 5) is 25.4. The lowest BCUT2D eigenvalue weighted by Crippen LogP contribution is -2.53. The monoisotopic (exact) mass is 270 g/mol. The van der Waals surface area contributed by atoms with E-state index in [1.54, 1.807) is 4.90 Å². The van der Waals surface area contributed by atoms with Crippen molar-refractivity contribution in [2.24, 2.45) is 5.41 Å². The molecule has 2 saturated heterocycles. The van der Waals surface area contributed by atoms with Crippen LogP contribution >= 0.6 is 0 Å². The van der Waals surface area contributed by atoms with Gasteiger partial charge in [-0.05, 0) is 25.7 Å². The molecule has 2 heterocycles. The second kappa shape index (κ2) is 5.46. The summed E-state index contributed by atoms with van der Waals surface area (Å²) in [5, 5.41) is 21.8. The topological polar surface area (TPSA) is 89.9 Å². The van der Waals surface area contributed by atoms with Gasteiger partial charge in [0.1, 0.15) is 0 Å². The molecule has 6 heteroatoms. The van der Waals surface area contributed by atoms with Crippen LogP contribution in [0.4, 0.5) is 0 Å². The fourth-order valence-electron chi connectivity index (χ4n) is 3.06. The average Bonchev–Trinajstić information content (AvgIpc) is 2.84. The van der Waals surface area contributed by atoms with Crippen molar-refractivity contribution in [1.82, 2.24) is 10.2 Å². The second-order valence-electron chi connectivity index (χ2n) is 5.65. The van der Waals surface area contributed by atoms with Crippen molar-refractivity contribution in [3.8, 4) is 0 Å². The van der Waals surface area contributed by atoms with Gasteiger partial charge in [0.2, 0.25) is 5.91 Å². The number of rotatable bonds is 3. The lowest BCUT2D eigenvalue weighted by Gasteiger charge is -2.40. The number of carboxylic acid groups (broad SMARTS) is 1. The fourth-order valence-corrected chi connectivity index (χ4v) is 3.06. The minimum absolute atomic E-state index is 0.0738. The van der Waals surface area contributed by atoms with Crippen LogP contribution in [0.2, 0.25) is 0 Å². The van der Waals surface area contributed by atoms with Crippen molar-refractivity contribution in [3.63, 3.8) is 0 Å². The Balaban J connectivity index is 2.04. The van der Waals surface area contributed by atoms with Crippen LogP contribution in [0.5, 0.6) is 0 Å². The lowest BCUT2D eigenvalue weighted by molar-refractivity contribution is -0.155. The molecule has 2 fully saturated rings. The van der Waals surface area contributed by atoms with E-state index >= 15 is 0 Å². The summed E-state index contributed by atoms with van der Waals surface area (Å²) in [5.41, 5.74) is -0.800. The summed E-state index contributed by atoms with van der Waals surface area (Å²) in [6.07, 6.45) is 1.83. The zero-order valence-electron chi connectivity index (χ0n) is 11.3. The SMILES string of the molecule is CCC1(C(=O)O)CCCN(C(=O)C2CC(O)CN2)C1. The summed E-state index contributed by atoms with van der Waals surface area (Å²) >= 11 is 0. The number of hydrogen-bond donors (Lipinski definition) is 3. The molecule has 0 aromatic carbocycles. The van der Waals surface area contributed by atoms with Gasteiger partial charge in [-0.2, -0.15) is 0 Å². The highest BCUT2D eigenvalue weighted by atomic mass is 16.4. The third-order valence-corrected chi connectivity index (χ3v) is 4.42. The van der Waals surface area contributed by atoms with Crippen molar-refractivity contribution < 1.29 is 19.8 Å². The highest BCUT2D eigenvalue weighted by Gasteiger charge is 2.43. The number of piperidine rings is 1. The Bertz CT molecular complexity index is 374. The highest BCUT2D eigenvalue weighted by molar-refractivity contribution is 5.84. The third-order valence-electron chi connectivity index (χ3n) is 4.42. The minimum Gasteiger partial charge on any atom is -0.481 e. The molecule has 0 radical (unpaired) electrons. The van der Waals surface area contributed by atoms with E-state index in [4.69, 9.17) is 0 Å². The van der Waals surface area contributed by atoms with Crippen LogP contribution in [0.15, 0.2) is 0 Å². The number of aliphatic hydroxyl groups is 1. The molecule has 1 amide bonds. The maximum absolute atomic E-state index is 12.3. The zero-order chi connectivity index (χ0) is 14.0. The molecular weight excluding hydrogens is 248 g/mol. The molecule has 6 nitrogen and oxygen atoms in total. The number of carbonyl (C=O) groups excluding carboxylic acids is 1. The van der Waals surface area contributed by atoms with E-state index < -0.39 is 17.5 Å². The number of β-amino-alcohol motifs (C(OH)–C–C–N with tert-alkyl or cyclic N) is 1. The summed E-state index contributed by atoms with van der Waals surface area (Å²) < 4.78 is 0. The number of amides is 1. The molecule has 0 aromatic rings. The van der Waals surface area contributed by atoms with Crippen LogP contribution in [0, 0.1) is 5.41 Å². The van der Waals surface area contributed by atoms with E-state index in [1.807, 2.05) is 6.92 Å². The standard InChI is InChI=1S/C13H22N2O4/c1-2-13(12(18)19)4-3-5-15(8-13)11(17)10-6-9(16)7-14-10/h9-10,14,16H,2-8H2,1H3,(H,18,19). The Kier molecular flexibility index (Phi) is 4.10. The van der Waals surface area contributed by atoms with Gasteiger partial charge in [-0.1, -0.05) is 6.92 Å². The van der Waals surface area contributed by atoms with Gasteiger partial charge in [0.15, 0.2) is 0 Å². The predicted octanol–water partition coefficient (Wildman–Crippen LogP) is -0.187. The molecule has 3 N–H and O–H groups in total. The first-order chi connectivity index (χ1) is 8.98. The van der Waals surface area contributed by atoms with Gasteiger partial charge in [0, 0.05) is 19.6 Å². The number of carbonyl (C=O) groups is 2. The van der Waals surface area contributed by atoms with Crippen molar-refractivity contribution in [3.05, 3.63) is 0 Å². The Morgan fingerprint density at radius 1 is 1.47 bits per heavy atom. The van der Waals surface area contributed by atoms with Gasteiger partial charge in [-0.3, -0.25) is 9.59 Å². The van der Waals surface area contributed by atoms with Crippen molar-refractivity contribution >= 4 is 11.9 Å². The number of hydrogen-bond acceptors (Lipinski definition) is 4. The summed E-state index contributed by atoms with van der Waals surface area (Å²) in [7, 11) is 0. The molecular formula is C13H22N2O4. The Morgan fingerprint density at radius 2 is 2.21 bits per heavy atom. The number of aliphatic hydroxyl groups excluding tert-OH is 1. The number of nitrogens with zero attached hydrogens (tertiary/aromatic N) is 1. The van der Waals surface area contributed by atoms with E-state index in [2.05, 4.69) is 5.32 Å². The van der Waals surface area contributed by atoms with Crippen LogP contribution in [0.3, 0.4) is 0 Å². The predicted molar refractivity (Wildman–Crippen MR) is 68.6 cm³/mol. The molecule has 0 spiro atoms. The van der Waals surface area contributed by atoms with Crippen molar-refractivity contribution in [2.75, 3.05) is 19.6 Å². The van der Waals surface area contributed by atoms with E-state index in [0.29, 0.717) is 32.4 Å². The molecule has 2 aliphatic heterocycles. The van der Waals surface area contributed by atoms with Gasteiger partial charge >= 0.3 is 5.97 Å². The van der Waals surface area contributed by atoms with Gasteiger partial charge in [-0.15, -0.1) is 0 Å². The first-order valence-corrected chi connectivity index (χ1v) is 6.92. The van der Waals surface area contributed by atoms with Crippen LogP contribution in [0.1, 0.15) is 32.6 Å². The number of carboxylic acids is 1. The first kappa shape index (κ1) is 14.3. The summed E-state index contributed by atoms with van der Waals surface area (Å²) in [6, 6.07) is -0.364. The Labute approximate surface area is 112 Å². The molecule has 3 unspecified atom stereocenters. The normalized spacial score (nSPS) is 35.4. The molecule has 2 aliphatic rings. The Morgan fingerprint density at radius 3 is 2.74 bits per heavy atom. The molecule has 0 aromatic heterocycles. The van der Waals surface area contributed by atoms with Gasteiger partial charge < -0.3 is 20.4 Å². The third kappa shape index (κ3) is 2.74. The molecule has 0 saturated carbocycles. The lowest BCUT2D eigenvalue weighted by atomic mass is 9.77. The Hall–Kier alpha value is -1.14. The smallest absolute Gasteiger partial charge is 0.311 e. The van der Waals surface area contributed by atoms with Crippen LogP contribution in [-0.2, 0) is 9.59 Å². The first-order valence-electron chi connectivity index (χ1n) is 6.92. The molecule has 0 bridgehead atoms. The van der Waals surface area contributed by atoms with Gasteiger partial charge in [0.25, 0.3) is 0 Å². The molecule has 0 aliphatic carbocycles. The second-order valence-corrected chi connectivity index (χ2v) is 5.65. The number of likely N-dealkylation sites (tertiary alicyclic amines) is 1. The van der Waals surface area contributed by atoms with E-state index in [0.717, 1.165) is 6.42 Å². The molecule has 2 rings (SSSR count). The van der Waals surface area contributed by atoms with Crippen LogP contribution in [0.25, 0.3) is 0 Å². The quantitative estimate of drug-likeness (QED) is 0.661. The summed E-state index contributed by atoms with van der Waals surface area (Å²) in [6.45, 7) is 3.19. The van der Waals surface area contributed by atoms with E-state index in [-0.39, 0.29) is 18.5 Å². The van der Waals surface area contributed by atoms with Gasteiger partial charge in [0.05, 0.1) is 17.6 Å². The number of nitrogens with one attached hydrogen (secondary N) is 1. The summed E-state index contributed by atoms with van der Waals surface area (Å²) in [5.74, 6) is -0.887. The van der Waals surface area contributed by atoms with Crippen LogP contribution < -0.4 is 5.32 Å². The maximum Gasteiger partial charge on any atom is 0.311 e. The largest absolute Gasteiger partial charge is 0.481 e.